The molecule has 0 bridgehead atoms. The number of nitrogens with one attached hydrogen (secondary N) is 1. The van der Waals surface area contributed by atoms with Crippen molar-refractivity contribution in [1.29, 1.82) is 0 Å². The molecule has 1 aromatic heterocycles. The third-order valence-corrected chi connectivity index (χ3v) is 4.20. The zero-order valence-electron chi connectivity index (χ0n) is 14.3. The number of carbonyl (C=O) groups is 1. The minimum atomic E-state index is -4.70. The summed E-state index contributed by atoms with van der Waals surface area (Å²) in [5.41, 5.74) is 5.95. The first kappa shape index (κ1) is 21.9. The number of benzene rings is 1. The van der Waals surface area contributed by atoms with Crippen LogP contribution in [0.15, 0.2) is 28.8 Å². The molecule has 0 radical (unpaired) electrons. The van der Waals surface area contributed by atoms with Crippen LogP contribution in [-0.4, -0.2) is 28.1 Å². The topological polar surface area (TPSA) is 94.0 Å². The second kappa shape index (κ2) is 8.50. The standard InChI is InChI=1S/C16H19F3N4O2.ClH/c1-3-15(4-2,9-20)22-13(24)11-7-5-10(6-8-11)12-21-14(25-23-12)16(17,18)19;/h5-8H,3-4,9,20H2,1-2H3,(H,22,24);1H. The van der Waals surface area contributed by atoms with Crippen LogP contribution < -0.4 is 11.1 Å². The largest absolute Gasteiger partial charge is 0.471 e. The highest BCUT2D eigenvalue weighted by atomic mass is 35.5. The van der Waals surface area contributed by atoms with Crippen LogP contribution in [0.3, 0.4) is 0 Å². The highest BCUT2D eigenvalue weighted by Crippen LogP contribution is 2.29. The monoisotopic (exact) mass is 392 g/mol. The summed E-state index contributed by atoms with van der Waals surface area (Å²) >= 11 is 0. The van der Waals surface area contributed by atoms with Crippen LogP contribution >= 0.6 is 12.4 Å². The normalized spacial score (nSPS) is 11.8. The number of nitrogens with two attached hydrogens (primary N) is 1. The maximum absolute atomic E-state index is 12.5. The van der Waals surface area contributed by atoms with Gasteiger partial charge in [-0.3, -0.25) is 4.79 Å². The van der Waals surface area contributed by atoms with Gasteiger partial charge in [-0.25, -0.2) is 0 Å². The van der Waals surface area contributed by atoms with Gasteiger partial charge in [0.15, 0.2) is 0 Å². The first-order valence-corrected chi connectivity index (χ1v) is 7.78. The van der Waals surface area contributed by atoms with Crippen molar-refractivity contribution in [3.8, 4) is 11.4 Å². The Hall–Kier alpha value is -2.13. The highest BCUT2D eigenvalue weighted by molar-refractivity contribution is 5.95. The van der Waals surface area contributed by atoms with E-state index in [1.54, 1.807) is 0 Å². The van der Waals surface area contributed by atoms with Gasteiger partial charge in [-0.05, 0) is 25.0 Å². The molecule has 1 heterocycles. The molecule has 1 aromatic carbocycles. The number of nitrogens with zero attached hydrogens (tertiary/aromatic N) is 2. The Morgan fingerprint density at radius 3 is 2.19 bits per heavy atom. The van der Waals surface area contributed by atoms with Gasteiger partial charge in [0.2, 0.25) is 5.82 Å². The maximum atomic E-state index is 12.5. The predicted octanol–water partition coefficient (Wildman–Crippen LogP) is 3.42. The zero-order valence-corrected chi connectivity index (χ0v) is 15.1. The van der Waals surface area contributed by atoms with Crippen molar-refractivity contribution in [3.05, 3.63) is 35.7 Å². The Kier molecular flexibility index (Phi) is 7.16. The van der Waals surface area contributed by atoms with Gasteiger partial charge in [0, 0.05) is 17.7 Å². The fourth-order valence-electron chi connectivity index (χ4n) is 2.31. The second-order valence-electron chi connectivity index (χ2n) is 5.64. The van der Waals surface area contributed by atoms with Crippen LogP contribution in [0.2, 0.25) is 0 Å². The molecule has 2 aromatic rings. The summed E-state index contributed by atoms with van der Waals surface area (Å²) < 4.78 is 41.6. The lowest BCUT2D eigenvalue weighted by molar-refractivity contribution is -0.159. The van der Waals surface area contributed by atoms with Crippen LogP contribution in [0.1, 0.15) is 42.9 Å². The van der Waals surface area contributed by atoms with Gasteiger partial charge in [-0.1, -0.05) is 31.1 Å². The summed E-state index contributed by atoms with van der Waals surface area (Å²) in [5, 5.41) is 6.22. The average Bonchev–Trinajstić information content (AvgIpc) is 3.10. The molecule has 0 unspecified atom stereocenters. The average molecular weight is 393 g/mol. The number of aromatic nitrogens is 2. The molecular formula is C16H20ClF3N4O2. The molecule has 10 heteroatoms. The minimum Gasteiger partial charge on any atom is -0.345 e. The number of alkyl halides is 3. The molecule has 26 heavy (non-hydrogen) atoms. The third kappa shape index (κ3) is 4.73. The van der Waals surface area contributed by atoms with E-state index in [2.05, 4.69) is 20.0 Å². The minimum absolute atomic E-state index is 0. The summed E-state index contributed by atoms with van der Waals surface area (Å²) in [6.07, 6.45) is -3.32. The van der Waals surface area contributed by atoms with Crippen LogP contribution in [-0.2, 0) is 6.18 Å². The number of hydrogen-bond acceptors (Lipinski definition) is 5. The summed E-state index contributed by atoms with van der Waals surface area (Å²) in [6.45, 7) is 4.19. The van der Waals surface area contributed by atoms with E-state index in [-0.39, 0.29) is 24.1 Å². The molecule has 0 fully saturated rings. The molecule has 0 saturated carbocycles. The maximum Gasteiger partial charge on any atom is 0.471 e. The Bertz CT molecular complexity index is 720. The van der Waals surface area contributed by atoms with E-state index < -0.39 is 17.6 Å². The van der Waals surface area contributed by atoms with Gasteiger partial charge >= 0.3 is 12.1 Å². The van der Waals surface area contributed by atoms with Gasteiger partial charge < -0.3 is 15.6 Å². The molecule has 0 saturated heterocycles. The van der Waals surface area contributed by atoms with E-state index >= 15 is 0 Å². The van der Waals surface area contributed by atoms with Crippen LogP contribution in [0, 0.1) is 0 Å². The lowest BCUT2D eigenvalue weighted by Gasteiger charge is -2.31. The number of amides is 1. The van der Waals surface area contributed by atoms with Crippen molar-refractivity contribution in [3.63, 3.8) is 0 Å². The zero-order chi connectivity index (χ0) is 18.7. The van der Waals surface area contributed by atoms with Gasteiger partial charge in [-0.2, -0.15) is 18.2 Å². The van der Waals surface area contributed by atoms with Crippen molar-refractivity contribution in [1.82, 2.24) is 15.5 Å². The Morgan fingerprint density at radius 1 is 1.19 bits per heavy atom. The van der Waals surface area contributed by atoms with Gasteiger partial charge in [0.1, 0.15) is 0 Å². The number of carbonyl (C=O) groups excluding carboxylic acids is 1. The summed E-state index contributed by atoms with van der Waals surface area (Å²) in [7, 11) is 0. The lowest BCUT2D eigenvalue weighted by Crippen LogP contribution is -2.52. The molecule has 0 spiro atoms. The Balaban J connectivity index is 0.00000338. The van der Waals surface area contributed by atoms with Gasteiger partial charge in [0.25, 0.3) is 5.91 Å². The summed E-state index contributed by atoms with van der Waals surface area (Å²) in [6, 6.07) is 5.89. The van der Waals surface area contributed by atoms with Crippen molar-refractivity contribution < 1.29 is 22.5 Å². The molecule has 3 N–H and O–H groups in total. The lowest BCUT2D eigenvalue weighted by atomic mass is 9.92. The molecule has 6 nitrogen and oxygen atoms in total. The molecule has 144 valence electrons. The quantitative estimate of drug-likeness (QED) is 0.785. The van der Waals surface area contributed by atoms with Crippen molar-refractivity contribution in [2.24, 2.45) is 5.73 Å². The second-order valence-corrected chi connectivity index (χ2v) is 5.64. The molecule has 0 aliphatic heterocycles. The number of rotatable bonds is 6. The first-order chi connectivity index (χ1) is 11.7. The highest BCUT2D eigenvalue weighted by Gasteiger charge is 2.38. The first-order valence-electron chi connectivity index (χ1n) is 7.78. The van der Waals surface area contributed by atoms with E-state index in [0.29, 0.717) is 30.5 Å². The van der Waals surface area contributed by atoms with Crippen LogP contribution in [0.25, 0.3) is 11.4 Å². The number of hydrogen-bond donors (Lipinski definition) is 2. The van der Waals surface area contributed by atoms with E-state index in [9.17, 15) is 18.0 Å². The van der Waals surface area contributed by atoms with Crippen LogP contribution in [0.5, 0.6) is 0 Å². The van der Waals surface area contributed by atoms with Crippen molar-refractivity contribution >= 4 is 18.3 Å². The van der Waals surface area contributed by atoms with Crippen molar-refractivity contribution in [2.75, 3.05) is 6.54 Å². The molecule has 2 rings (SSSR count). The van der Waals surface area contributed by atoms with Gasteiger partial charge in [-0.15, -0.1) is 12.4 Å². The molecule has 0 aliphatic rings. The summed E-state index contributed by atoms with van der Waals surface area (Å²) in [5.74, 6) is -1.91. The SMILES string of the molecule is CCC(CC)(CN)NC(=O)c1ccc(-c2noc(C(F)(F)F)n2)cc1.Cl. The molecule has 0 aliphatic carbocycles. The fourth-order valence-corrected chi connectivity index (χ4v) is 2.31. The number of halogens is 4. The Labute approximate surface area is 154 Å². The summed E-state index contributed by atoms with van der Waals surface area (Å²) in [4.78, 5) is 15.7. The molecule has 0 atom stereocenters. The van der Waals surface area contributed by atoms with E-state index in [1.807, 2.05) is 13.8 Å². The van der Waals surface area contributed by atoms with Crippen molar-refractivity contribution in [2.45, 2.75) is 38.4 Å². The third-order valence-electron chi connectivity index (χ3n) is 4.20. The molecular weight excluding hydrogens is 373 g/mol. The van der Waals surface area contributed by atoms with E-state index in [4.69, 9.17) is 5.73 Å². The van der Waals surface area contributed by atoms with Gasteiger partial charge in [0.05, 0.1) is 5.54 Å². The smallest absolute Gasteiger partial charge is 0.345 e. The predicted molar refractivity (Wildman–Crippen MR) is 91.8 cm³/mol. The van der Waals surface area contributed by atoms with E-state index in [1.165, 1.54) is 24.3 Å². The van der Waals surface area contributed by atoms with Crippen LogP contribution in [0.4, 0.5) is 13.2 Å². The molecule has 1 amide bonds. The Morgan fingerprint density at radius 2 is 1.77 bits per heavy atom. The van der Waals surface area contributed by atoms with E-state index in [0.717, 1.165) is 0 Å². The fraction of sp³-hybridized carbons (Fsp3) is 0.438.